The van der Waals surface area contributed by atoms with Gasteiger partial charge >= 0.3 is 0 Å². The lowest BCUT2D eigenvalue weighted by Crippen LogP contribution is -2.46. The molecule has 0 amide bonds. The van der Waals surface area contributed by atoms with Crippen LogP contribution in [0.3, 0.4) is 0 Å². The van der Waals surface area contributed by atoms with Crippen molar-refractivity contribution in [2.75, 3.05) is 13.2 Å². The Morgan fingerprint density at radius 2 is 2.38 bits per heavy atom. The average molecular weight is 223 g/mol. The van der Waals surface area contributed by atoms with Crippen molar-refractivity contribution in [1.82, 2.24) is 15.1 Å². The predicted octanol–water partition coefficient (Wildman–Crippen LogP) is 1.12. The number of ether oxygens (including phenoxy) is 1. The molecule has 1 aromatic rings. The van der Waals surface area contributed by atoms with Crippen molar-refractivity contribution < 1.29 is 4.74 Å². The van der Waals surface area contributed by atoms with Gasteiger partial charge < -0.3 is 10.1 Å². The smallest absolute Gasteiger partial charge is 0.0637 e. The molecule has 90 valence electrons. The van der Waals surface area contributed by atoms with E-state index in [0.717, 1.165) is 38.1 Å². The van der Waals surface area contributed by atoms with Crippen LogP contribution in [-0.4, -0.2) is 35.1 Å². The lowest BCUT2D eigenvalue weighted by Gasteiger charge is -2.35. The molecule has 4 nitrogen and oxygen atoms in total. The van der Waals surface area contributed by atoms with Gasteiger partial charge in [-0.1, -0.05) is 0 Å². The van der Waals surface area contributed by atoms with Crippen LogP contribution in [0.4, 0.5) is 0 Å². The third kappa shape index (κ3) is 3.06. The molecular weight excluding hydrogens is 202 g/mol. The summed E-state index contributed by atoms with van der Waals surface area (Å²) in [6.07, 6.45) is 5.82. The van der Waals surface area contributed by atoms with Crippen LogP contribution in [0.2, 0.25) is 0 Å². The summed E-state index contributed by atoms with van der Waals surface area (Å²) in [5, 5.41) is 7.88. The van der Waals surface area contributed by atoms with E-state index in [0.29, 0.717) is 12.1 Å². The Kier molecular flexibility index (Phi) is 3.96. The fourth-order valence-electron chi connectivity index (χ4n) is 2.10. The van der Waals surface area contributed by atoms with Gasteiger partial charge in [-0.25, -0.2) is 0 Å². The Morgan fingerprint density at radius 3 is 3.00 bits per heavy atom. The molecule has 4 heteroatoms. The fraction of sp³-hybridized carbons (Fsp3) is 0.750. The van der Waals surface area contributed by atoms with Gasteiger partial charge in [-0.3, -0.25) is 4.68 Å². The lowest BCUT2D eigenvalue weighted by molar-refractivity contribution is -0.00961. The molecule has 0 atom stereocenters. The first-order chi connectivity index (χ1) is 7.78. The van der Waals surface area contributed by atoms with Crippen LogP contribution in [-0.2, 0) is 18.2 Å². The SMILES string of the molecule is CCOC1CC(NCCc2ccn(C)n2)C1. The van der Waals surface area contributed by atoms with Crippen LogP contribution in [0, 0.1) is 0 Å². The van der Waals surface area contributed by atoms with E-state index in [1.165, 1.54) is 0 Å². The number of hydrogen-bond donors (Lipinski definition) is 1. The minimum absolute atomic E-state index is 0.498. The number of aromatic nitrogens is 2. The molecule has 2 rings (SSSR count). The number of nitrogens with one attached hydrogen (secondary N) is 1. The predicted molar refractivity (Wildman–Crippen MR) is 63.4 cm³/mol. The Hall–Kier alpha value is -0.870. The highest BCUT2D eigenvalue weighted by Crippen LogP contribution is 2.22. The highest BCUT2D eigenvalue weighted by Gasteiger charge is 2.28. The zero-order valence-electron chi connectivity index (χ0n) is 10.1. The summed E-state index contributed by atoms with van der Waals surface area (Å²) in [5.74, 6) is 0. The monoisotopic (exact) mass is 223 g/mol. The quantitative estimate of drug-likeness (QED) is 0.785. The first-order valence-electron chi connectivity index (χ1n) is 6.11. The molecule has 1 N–H and O–H groups in total. The standard InChI is InChI=1S/C12H21N3O/c1-3-16-12-8-11(9-12)13-6-4-10-5-7-15(2)14-10/h5,7,11-13H,3-4,6,8-9H2,1-2H3. The van der Waals surface area contributed by atoms with Crippen molar-refractivity contribution in [3.8, 4) is 0 Å². The molecule has 1 heterocycles. The second-order valence-corrected chi connectivity index (χ2v) is 4.43. The molecule has 0 radical (unpaired) electrons. The van der Waals surface area contributed by atoms with Gasteiger partial charge in [-0.15, -0.1) is 0 Å². The van der Waals surface area contributed by atoms with Gasteiger partial charge in [0.2, 0.25) is 0 Å². The Bertz CT molecular complexity index is 318. The largest absolute Gasteiger partial charge is 0.378 e. The highest BCUT2D eigenvalue weighted by molar-refractivity contribution is 4.99. The summed E-state index contributed by atoms with van der Waals surface area (Å²) in [4.78, 5) is 0. The summed E-state index contributed by atoms with van der Waals surface area (Å²) >= 11 is 0. The van der Waals surface area contributed by atoms with Gasteiger partial charge in [0, 0.05) is 38.9 Å². The molecular formula is C12H21N3O. The van der Waals surface area contributed by atoms with Crippen LogP contribution in [0.15, 0.2) is 12.3 Å². The van der Waals surface area contributed by atoms with E-state index in [4.69, 9.17) is 4.74 Å². The van der Waals surface area contributed by atoms with Gasteiger partial charge in [0.05, 0.1) is 11.8 Å². The molecule has 0 saturated heterocycles. The summed E-state index contributed by atoms with van der Waals surface area (Å²) < 4.78 is 7.37. The van der Waals surface area contributed by atoms with E-state index in [2.05, 4.69) is 23.4 Å². The van der Waals surface area contributed by atoms with E-state index in [1.54, 1.807) is 0 Å². The molecule has 0 spiro atoms. The normalized spacial score (nSPS) is 24.4. The molecule has 1 aromatic heterocycles. The summed E-state index contributed by atoms with van der Waals surface area (Å²) in [7, 11) is 1.95. The third-order valence-corrected chi connectivity index (χ3v) is 3.08. The Balaban J connectivity index is 1.56. The van der Waals surface area contributed by atoms with Crippen molar-refractivity contribution >= 4 is 0 Å². The van der Waals surface area contributed by atoms with Crippen molar-refractivity contribution in [2.24, 2.45) is 7.05 Å². The van der Waals surface area contributed by atoms with Crippen LogP contribution < -0.4 is 5.32 Å². The first-order valence-corrected chi connectivity index (χ1v) is 6.11. The van der Waals surface area contributed by atoms with Gasteiger partial charge in [-0.2, -0.15) is 5.10 Å². The van der Waals surface area contributed by atoms with E-state index in [-0.39, 0.29) is 0 Å². The number of hydrogen-bond acceptors (Lipinski definition) is 3. The number of rotatable bonds is 6. The molecule has 0 aliphatic heterocycles. The Labute approximate surface area is 97.0 Å². The summed E-state index contributed by atoms with van der Waals surface area (Å²) in [6, 6.07) is 2.73. The number of nitrogens with zero attached hydrogens (tertiary/aromatic N) is 2. The van der Waals surface area contributed by atoms with Crippen molar-refractivity contribution in [3.63, 3.8) is 0 Å². The van der Waals surface area contributed by atoms with E-state index < -0.39 is 0 Å². The van der Waals surface area contributed by atoms with Crippen molar-refractivity contribution in [1.29, 1.82) is 0 Å². The lowest BCUT2D eigenvalue weighted by atomic mass is 9.89. The third-order valence-electron chi connectivity index (χ3n) is 3.08. The molecule has 1 fully saturated rings. The Morgan fingerprint density at radius 1 is 1.56 bits per heavy atom. The topological polar surface area (TPSA) is 39.1 Å². The van der Waals surface area contributed by atoms with Crippen molar-refractivity contribution in [2.45, 2.75) is 38.3 Å². The number of aryl methyl sites for hydroxylation is 1. The van der Waals surface area contributed by atoms with Crippen molar-refractivity contribution in [3.05, 3.63) is 18.0 Å². The maximum atomic E-state index is 5.52. The molecule has 1 aliphatic carbocycles. The molecule has 16 heavy (non-hydrogen) atoms. The van der Waals surface area contributed by atoms with E-state index in [9.17, 15) is 0 Å². The fourth-order valence-corrected chi connectivity index (χ4v) is 2.10. The second-order valence-electron chi connectivity index (χ2n) is 4.43. The zero-order valence-corrected chi connectivity index (χ0v) is 10.1. The van der Waals surface area contributed by atoms with Crippen LogP contribution in [0.1, 0.15) is 25.5 Å². The average Bonchev–Trinajstić information content (AvgIpc) is 2.60. The molecule has 1 saturated carbocycles. The van der Waals surface area contributed by atoms with E-state index in [1.807, 2.05) is 17.9 Å². The summed E-state index contributed by atoms with van der Waals surface area (Å²) in [5.41, 5.74) is 1.16. The maximum Gasteiger partial charge on any atom is 0.0637 e. The van der Waals surface area contributed by atoms with Gasteiger partial charge in [0.25, 0.3) is 0 Å². The van der Waals surface area contributed by atoms with Crippen LogP contribution in [0.25, 0.3) is 0 Å². The van der Waals surface area contributed by atoms with Gasteiger partial charge in [0.15, 0.2) is 0 Å². The van der Waals surface area contributed by atoms with Crippen LogP contribution in [0.5, 0.6) is 0 Å². The van der Waals surface area contributed by atoms with Gasteiger partial charge in [-0.05, 0) is 25.8 Å². The van der Waals surface area contributed by atoms with Gasteiger partial charge in [0.1, 0.15) is 0 Å². The maximum absolute atomic E-state index is 5.52. The summed E-state index contributed by atoms with van der Waals surface area (Å²) in [6.45, 7) is 3.91. The molecule has 1 aliphatic rings. The second kappa shape index (κ2) is 5.46. The van der Waals surface area contributed by atoms with E-state index >= 15 is 0 Å². The molecule has 0 unspecified atom stereocenters. The minimum atomic E-state index is 0.498. The minimum Gasteiger partial charge on any atom is -0.378 e. The zero-order chi connectivity index (χ0) is 11.4. The highest BCUT2D eigenvalue weighted by atomic mass is 16.5. The van der Waals surface area contributed by atoms with Crippen LogP contribution >= 0.6 is 0 Å². The first kappa shape index (κ1) is 11.6. The molecule has 0 aromatic carbocycles. The molecule has 0 bridgehead atoms.